The van der Waals surface area contributed by atoms with E-state index in [0.29, 0.717) is 0 Å². The number of rotatable bonds is 3. The van der Waals surface area contributed by atoms with Gasteiger partial charge in [0.05, 0.1) is 12.0 Å². The third-order valence-corrected chi connectivity index (χ3v) is 3.54. The summed E-state index contributed by atoms with van der Waals surface area (Å²) in [4.78, 5) is 0. The van der Waals surface area contributed by atoms with E-state index in [1.165, 1.54) is 11.1 Å². The third-order valence-electron chi connectivity index (χ3n) is 3.05. The molecule has 0 amide bonds. The minimum absolute atomic E-state index is 0.0829. The fourth-order valence-corrected chi connectivity index (χ4v) is 2.55. The van der Waals surface area contributed by atoms with Gasteiger partial charge in [-0.25, -0.2) is 0 Å². The van der Waals surface area contributed by atoms with Crippen molar-refractivity contribution in [3.8, 4) is 6.07 Å². The Kier molecular flexibility index (Phi) is 4.17. The fraction of sp³-hybridized carbons (Fsp3) is 0.188. The van der Waals surface area contributed by atoms with Crippen LogP contribution >= 0.6 is 15.9 Å². The molecule has 0 radical (unpaired) electrons. The molecule has 2 heteroatoms. The van der Waals surface area contributed by atoms with Crippen molar-refractivity contribution in [2.24, 2.45) is 0 Å². The van der Waals surface area contributed by atoms with E-state index < -0.39 is 0 Å². The Morgan fingerprint density at radius 2 is 1.94 bits per heavy atom. The van der Waals surface area contributed by atoms with Gasteiger partial charge >= 0.3 is 0 Å². The topological polar surface area (TPSA) is 23.8 Å². The third kappa shape index (κ3) is 3.00. The van der Waals surface area contributed by atoms with E-state index in [1.54, 1.807) is 0 Å². The Morgan fingerprint density at radius 1 is 1.17 bits per heavy atom. The van der Waals surface area contributed by atoms with Gasteiger partial charge in [0.2, 0.25) is 0 Å². The summed E-state index contributed by atoms with van der Waals surface area (Å²) in [6.07, 6.45) is 0.751. The van der Waals surface area contributed by atoms with E-state index in [0.717, 1.165) is 16.5 Å². The fourth-order valence-electron chi connectivity index (χ4n) is 2.10. The van der Waals surface area contributed by atoms with Crippen LogP contribution in [0.3, 0.4) is 0 Å². The van der Waals surface area contributed by atoms with E-state index in [4.69, 9.17) is 0 Å². The highest BCUT2D eigenvalue weighted by molar-refractivity contribution is 9.10. The van der Waals surface area contributed by atoms with Gasteiger partial charge < -0.3 is 0 Å². The molecule has 2 rings (SSSR count). The van der Waals surface area contributed by atoms with Crippen LogP contribution in [0, 0.1) is 18.3 Å². The van der Waals surface area contributed by atoms with Gasteiger partial charge in [0.15, 0.2) is 0 Å². The van der Waals surface area contributed by atoms with Crippen LogP contribution in [0.15, 0.2) is 53.0 Å². The van der Waals surface area contributed by atoms with Crippen LogP contribution in [0.2, 0.25) is 0 Å². The Hall–Kier alpha value is -1.59. The van der Waals surface area contributed by atoms with Gasteiger partial charge in [0.1, 0.15) is 0 Å². The summed E-state index contributed by atoms with van der Waals surface area (Å²) in [5.41, 5.74) is 3.48. The Balaban J connectivity index is 2.26. The van der Waals surface area contributed by atoms with Gasteiger partial charge in [-0.15, -0.1) is 0 Å². The second-order valence-electron chi connectivity index (χ2n) is 4.37. The van der Waals surface area contributed by atoms with E-state index in [9.17, 15) is 5.26 Å². The minimum atomic E-state index is -0.0829. The maximum absolute atomic E-state index is 9.37. The average Bonchev–Trinajstić information content (AvgIpc) is 2.37. The molecule has 0 aliphatic rings. The molecule has 0 saturated heterocycles. The van der Waals surface area contributed by atoms with Crippen LogP contribution in [0.25, 0.3) is 0 Å². The number of halogens is 1. The molecule has 1 unspecified atom stereocenters. The van der Waals surface area contributed by atoms with Gasteiger partial charge in [0, 0.05) is 4.47 Å². The van der Waals surface area contributed by atoms with Crippen molar-refractivity contribution in [1.29, 1.82) is 5.26 Å². The van der Waals surface area contributed by atoms with E-state index in [-0.39, 0.29) is 5.92 Å². The van der Waals surface area contributed by atoms with E-state index in [2.05, 4.69) is 47.1 Å². The van der Waals surface area contributed by atoms with Crippen LogP contribution in [0.1, 0.15) is 22.6 Å². The molecule has 0 saturated carbocycles. The molecule has 0 aliphatic heterocycles. The Morgan fingerprint density at radius 3 is 2.61 bits per heavy atom. The highest BCUT2D eigenvalue weighted by atomic mass is 79.9. The number of nitriles is 1. The molecular formula is C16H14BrN. The quantitative estimate of drug-likeness (QED) is 0.812. The lowest BCUT2D eigenvalue weighted by Crippen LogP contribution is -2.02. The number of aryl methyl sites for hydroxylation is 1. The molecule has 90 valence electrons. The highest BCUT2D eigenvalue weighted by Gasteiger charge is 2.13. The Bertz CT molecular complexity index is 584. The van der Waals surface area contributed by atoms with Crippen molar-refractivity contribution < 1.29 is 0 Å². The molecule has 0 N–H and O–H groups in total. The lowest BCUT2D eigenvalue weighted by Gasteiger charge is -2.12. The molecule has 0 spiro atoms. The number of hydrogen-bond donors (Lipinski definition) is 0. The molecule has 0 aromatic heterocycles. The second kappa shape index (κ2) is 5.84. The van der Waals surface area contributed by atoms with Gasteiger partial charge in [0.25, 0.3) is 0 Å². The first-order valence-corrected chi connectivity index (χ1v) is 6.69. The summed E-state index contributed by atoms with van der Waals surface area (Å²) in [5.74, 6) is -0.0829. The summed E-state index contributed by atoms with van der Waals surface area (Å²) in [5, 5.41) is 9.37. The normalized spacial score (nSPS) is 11.8. The van der Waals surface area contributed by atoms with Crippen LogP contribution < -0.4 is 0 Å². The molecule has 0 bridgehead atoms. The zero-order chi connectivity index (χ0) is 13.0. The molecule has 2 aromatic rings. The standard InChI is InChI=1S/C16H14BrN/c1-12-5-2-3-8-16(12)14(11-18)9-13-6-4-7-15(17)10-13/h2-8,10,14H,9H2,1H3. The molecule has 1 nitrogen and oxygen atoms in total. The second-order valence-corrected chi connectivity index (χ2v) is 5.29. The predicted molar refractivity (Wildman–Crippen MR) is 77.4 cm³/mol. The average molecular weight is 300 g/mol. The summed E-state index contributed by atoms with van der Waals surface area (Å²) >= 11 is 3.46. The van der Waals surface area contributed by atoms with Gasteiger partial charge in [-0.1, -0.05) is 52.3 Å². The van der Waals surface area contributed by atoms with Gasteiger partial charge in [-0.2, -0.15) is 5.26 Å². The first-order valence-electron chi connectivity index (χ1n) is 5.90. The van der Waals surface area contributed by atoms with E-state index >= 15 is 0 Å². The molecule has 1 atom stereocenters. The van der Waals surface area contributed by atoms with Crippen molar-refractivity contribution in [3.63, 3.8) is 0 Å². The van der Waals surface area contributed by atoms with Crippen molar-refractivity contribution >= 4 is 15.9 Å². The molecule has 0 fully saturated rings. The predicted octanol–water partition coefficient (Wildman–Crippen LogP) is 4.61. The smallest absolute Gasteiger partial charge is 0.0755 e. The van der Waals surface area contributed by atoms with Crippen LogP contribution in [0.5, 0.6) is 0 Å². The molecular weight excluding hydrogens is 286 g/mol. The summed E-state index contributed by atoms with van der Waals surface area (Å²) in [6, 6.07) is 18.6. The number of nitrogens with zero attached hydrogens (tertiary/aromatic N) is 1. The maximum atomic E-state index is 9.37. The lowest BCUT2D eigenvalue weighted by atomic mass is 9.90. The maximum Gasteiger partial charge on any atom is 0.0755 e. The first-order chi connectivity index (χ1) is 8.70. The molecule has 0 aliphatic carbocycles. The van der Waals surface area contributed by atoms with Gasteiger partial charge in [-0.05, 0) is 42.2 Å². The summed E-state index contributed by atoms with van der Waals surface area (Å²) in [7, 11) is 0. The molecule has 2 aromatic carbocycles. The monoisotopic (exact) mass is 299 g/mol. The summed E-state index contributed by atoms with van der Waals surface area (Å²) in [6.45, 7) is 2.06. The van der Waals surface area contributed by atoms with Crippen molar-refractivity contribution in [2.45, 2.75) is 19.3 Å². The van der Waals surface area contributed by atoms with Crippen LogP contribution in [-0.4, -0.2) is 0 Å². The molecule has 18 heavy (non-hydrogen) atoms. The summed E-state index contributed by atoms with van der Waals surface area (Å²) < 4.78 is 1.06. The van der Waals surface area contributed by atoms with Gasteiger partial charge in [-0.3, -0.25) is 0 Å². The lowest BCUT2D eigenvalue weighted by molar-refractivity contribution is 0.841. The SMILES string of the molecule is Cc1ccccc1C(C#N)Cc1cccc(Br)c1. The first kappa shape index (κ1) is 12.9. The Labute approximate surface area is 116 Å². The van der Waals surface area contributed by atoms with Crippen molar-refractivity contribution in [2.75, 3.05) is 0 Å². The van der Waals surface area contributed by atoms with Crippen LogP contribution in [-0.2, 0) is 6.42 Å². The van der Waals surface area contributed by atoms with Crippen molar-refractivity contribution in [3.05, 3.63) is 69.7 Å². The number of benzene rings is 2. The van der Waals surface area contributed by atoms with E-state index in [1.807, 2.05) is 30.3 Å². The van der Waals surface area contributed by atoms with Crippen LogP contribution in [0.4, 0.5) is 0 Å². The number of hydrogen-bond acceptors (Lipinski definition) is 1. The largest absolute Gasteiger partial charge is 0.198 e. The zero-order valence-corrected chi connectivity index (χ0v) is 11.8. The zero-order valence-electron chi connectivity index (χ0n) is 10.2. The highest BCUT2D eigenvalue weighted by Crippen LogP contribution is 2.24. The minimum Gasteiger partial charge on any atom is -0.198 e. The molecule has 0 heterocycles. The van der Waals surface area contributed by atoms with Crippen molar-refractivity contribution in [1.82, 2.24) is 0 Å².